The van der Waals surface area contributed by atoms with Gasteiger partial charge in [-0.05, 0) is 17.7 Å². The summed E-state index contributed by atoms with van der Waals surface area (Å²) in [5.41, 5.74) is 0.496. The molecular weight excluding hydrogens is 227 g/mol. The Morgan fingerprint density at radius 2 is 1.94 bits per heavy atom. The van der Waals surface area contributed by atoms with E-state index in [1.165, 1.54) is 31.4 Å². The third-order valence-electron chi connectivity index (χ3n) is 2.38. The van der Waals surface area contributed by atoms with Crippen molar-refractivity contribution < 1.29 is 24.1 Å². The molecule has 0 unspecified atom stereocenters. The highest BCUT2D eigenvalue weighted by Gasteiger charge is 2.17. The maximum Gasteiger partial charge on any atom is 0.308 e. The van der Waals surface area contributed by atoms with Gasteiger partial charge in [0.05, 0.1) is 25.7 Å². The van der Waals surface area contributed by atoms with E-state index >= 15 is 0 Å². The van der Waals surface area contributed by atoms with Crippen LogP contribution in [-0.4, -0.2) is 29.4 Å². The second kappa shape index (κ2) is 6.32. The molecule has 1 rings (SSSR count). The van der Waals surface area contributed by atoms with Crippen molar-refractivity contribution >= 4 is 5.97 Å². The number of rotatable bonds is 5. The van der Waals surface area contributed by atoms with Crippen LogP contribution in [-0.2, 0) is 9.53 Å². The minimum absolute atomic E-state index is 0.000727. The minimum atomic E-state index is -0.984. The Morgan fingerprint density at radius 3 is 2.47 bits per heavy atom. The first-order chi connectivity index (χ1) is 8.02. The van der Waals surface area contributed by atoms with Gasteiger partial charge in [-0.2, -0.15) is 0 Å². The van der Waals surface area contributed by atoms with Crippen LogP contribution in [0.1, 0.15) is 24.5 Å². The molecule has 0 amide bonds. The predicted molar refractivity (Wildman–Crippen MR) is 58.6 cm³/mol. The summed E-state index contributed by atoms with van der Waals surface area (Å²) in [6.07, 6.45) is -2.09. The quantitative estimate of drug-likeness (QED) is 0.761. The number of carbonyl (C=O) groups is 1. The third kappa shape index (κ3) is 4.50. The summed E-state index contributed by atoms with van der Waals surface area (Å²) in [5.74, 6) is -0.931. The molecule has 1 aromatic carbocycles. The summed E-state index contributed by atoms with van der Waals surface area (Å²) in [6.45, 7) is 0. The number of halogens is 1. The fraction of sp³-hybridized carbons (Fsp3) is 0.417. The lowest BCUT2D eigenvalue weighted by Crippen LogP contribution is -2.17. The van der Waals surface area contributed by atoms with Crippen molar-refractivity contribution in [2.45, 2.75) is 25.0 Å². The highest BCUT2D eigenvalue weighted by atomic mass is 19.1. The van der Waals surface area contributed by atoms with E-state index in [0.29, 0.717) is 5.56 Å². The molecule has 2 atom stereocenters. The molecule has 4 nitrogen and oxygen atoms in total. The van der Waals surface area contributed by atoms with Crippen molar-refractivity contribution in [3.63, 3.8) is 0 Å². The van der Waals surface area contributed by atoms with Crippen molar-refractivity contribution in [2.75, 3.05) is 7.11 Å². The minimum Gasteiger partial charge on any atom is -0.469 e. The van der Waals surface area contributed by atoms with Crippen molar-refractivity contribution in [3.8, 4) is 0 Å². The number of hydrogen-bond acceptors (Lipinski definition) is 4. The van der Waals surface area contributed by atoms with E-state index in [0.717, 1.165) is 0 Å². The number of aliphatic hydroxyl groups excluding tert-OH is 2. The van der Waals surface area contributed by atoms with Crippen molar-refractivity contribution in [2.24, 2.45) is 0 Å². The Kier molecular flexibility index (Phi) is 5.06. The van der Waals surface area contributed by atoms with Crippen LogP contribution in [0.2, 0.25) is 0 Å². The van der Waals surface area contributed by atoms with Gasteiger partial charge in [0.25, 0.3) is 0 Å². The number of carbonyl (C=O) groups excluding carboxylic acids is 1. The third-order valence-corrected chi connectivity index (χ3v) is 2.38. The Hall–Kier alpha value is -1.46. The molecule has 0 aromatic heterocycles. The normalized spacial score (nSPS) is 14.1. The standard InChI is InChI=1S/C12H15FO4/c1-17-12(16)7-10(14)6-11(15)8-2-4-9(13)5-3-8/h2-5,10-11,14-15H,6-7H2,1H3/t10-,11+/m1/s1. The smallest absolute Gasteiger partial charge is 0.308 e. The molecule has 0 fully saturated rings. The average Bonchev–Trinajstić information content (AvgIpc) is 2.29. The zero-order valence-corrected chi connectivity index (χ0v) is 9.47. The van der Waals surface area contributed by atoms with Crippen LogP contribution in [0.5, 0.6) is 0 Å². The molecule has 0 radical (unpaired) electrons. The van der Waals surface area contributed by atoms with Crippen LogP contribution >= 0.6 is 0 Å². The molecule has 5 heteroatoms. The van der Waals surface area contributed by atoms with Gasteiger partial charge in [-0.3, -0.25) is 4.79 Å². The number of methoxy groups -OCH3 is 1. The van der Waals surface area contributed by atoms with Gasteiger partial charge >= 0.3 is 5.97 Å². The van der Waals surface area contributed by atoms with Gasteiger partial charge in [0, 0.05) is 6.42 Å². The van der Waals surface area contributed by atoms with E-state index in [4.69, 9.17) is 0 Å². The molecule has 2 N–H and O–H groups in total. The molecular formula is C12H15FO4. The summed E-state index contributed by atoms with van der Waals surface area (Å²) in [5, 5.41) is 19.2. The van der Waals surface area contributed by atoms with E-state index in [-0.39, 0.29) is 12.8 Å². The molecule has 0 bridgehead atoms. The van der Waals surface area contributed by atoms with Crippen LogP contribution in [0.15, 0.2) is 24.3 Å². The van der Waals surface area contributed by atoms with Gasteiger partial charge in [0.1, 0.15) is 5.82 Å². The van der Waals surface area contributed by atoms with Crippen LogP contribution in [0.3, 0.4) is 0 Å². The summed E-state index contributed by atoms with van der Waals surface area (Å²) < 4.78 is 17.0. The molecule has 0 aliphatic carbocycles. The van der Waals surface area contributed by atoms with E-state index in [1.807, 2.05) is 0 Å². The van der Waals surface area contributed by atoms with Gasteiger partial charge in [-0.25, -0.2) is 4.39 Å². The fourth-order valence-corrected chi connectivity index (χ4v) is 1.44. The van der Waals surface area contributed by atoms with Gasteiger partial charge < -0.3 is 14.9 Å². The number of aliphatic hydroxyl groups is 2. The monoisotopic (exact) mass is 242 g/mol. The largest absolute Gasteiger partial charge is 0.469 e. The zero-order valence-electron chi connectivity index (χ0n) is 9.47. The molecule has 94 valence electrons. The summed E-state index contributed by atoms with van der Waals surface area (Å²) in [7, 11) is 1.23. The van der Waals surface area contributed by atoms with Crippen LogP contribution < -0.4 is 0 Å². The molecule has 0 saturated heterocycles. The first kappa shape index (κ1) is 13.6. The Bertz CT molecular complexity index is 363. The van der Waals surface area contributed by atoms with Crippen molar-refractivity contribution in [1.29, 1.82) is 0 Å². The molecule has 17 heavy (non-hydrogen) atoms. The summed E-state index contributed by atoms with van der Waals surface area (Å²) in [4.78, 5) is 10.9. The highest BCUT2D eigenvalue weighted by molar-refractivity contribution is 5.69. The first-order valence-electron chi connectivity index (χ1n) is 5.21. The van der Waals surface area contributed by atoms with E-state index in [9.17, 15) is 19.4 Å². The molecule has 0 aliphatic rings. The second-order valence-corrected chi connectivity index (χ2v) is 3.74. The van der Waals surface area contributed by atoms with Crippen LogP contribution in [0.4, 0.5) is 4.39 Å². The lowest BCUT2D eigenvalue weighted by atomic mass is 10.0. The first-order valence-corrected chi connectivity index (χ1v) is 5.21. The van der Waals surface area contributed by atoms with Gasteiger partial charge in [-0.15, -0.1) is 0 Å². The average molecular weight is 242 g/mol. The number of ether oxygens (including phenoxy) is 1. The number of esters is 1. The molecule has 1 aromatic rings. The zero-order chi connectivity index (χ0) is 12.8. The van der Waals surface area contributed by atoms with Crippen molar-refractivity contribution in [1.82, 2.24) is 0 Å². The van der Waals surface area contributed by atoms with Crippen LogP contribution in [0, 0.1) is 5.82 Å². The van der Waals surface area contributed by atoms with Gasteiger partial charge in [-0.1, -0.05) is 12.1 Å². The van der Waals surface area contributed by atoms with Crippen molar-refractivity contribution in [3.05, 3.63) is 35.6 Å². The number of benzene rings is 1. The van der Waals surface area contributed by atoms with E-state index in [2.05, 4.69) is 4.74 Å². The summed E-state index contributed by atoms with van der Waals surface area (Å²) in [6, 6.07) is 5.33. The van der Waals surface area contributed by atoms with E-state index in [1.54, 1.807) is 0 Å². The second-order valence-electron chi connectivity index (χ2n) is 3.74. The van der Waals surface area contributed by atoms with Gasteiger partial charge in [0.15, 0.2) is 0 Å². The summed E-state index contributed by atoms with van der Waals surface area (Å²) >= 11 is 0. The topological polar surface area (TPSA) is 66.8 Å². The molecule has 0 aliphatic heterocycles. The predicted octanol–water partition coefficient (Wildman–Crippen LogP) is 1.17. The molecule has 0 spiro atoms. The lowest BCUT2D eigenvalue weighted by molar-refractivity contribution is -0.143. The number of hydrogen-bond donors (Lipinski definition) is 2. The molecule has 0 saturated carbocycles. The molecule has 0 heterocycles. The Morgan fingerprint density at radius 1 is 1.35 bits per heavy atom. The maximum absolute atomic E-state index is 12.6. The van der Waals surface area contributed by atoms with Crippen LogP contribution in [0.25, 0.3) is 0 Å². The highest BCUT2D eigenvalue weighted by Crippen LogP contribution is 2.19. The Balaban J connectivity index is 2.51. The van der Waals surface area contributed by atoms with Gasteiger partial charge in [0.2, 0.25) is 0 Å². The lowest BCUT2D eigenvalue weighted by Gasteiger charge is -2.15. The SMILES string of the molecule is COC(=O)C[C@H](O)C[C@H](O)c1ccc(F)cc1. The fourth-order valence-electron chi connectivity index (χ4n) is 1.44. The maximum atomic E-state index is 12.6. The van der Waals surface area contributed by atoms with E-state index < -0.39 is 24.0 Å². The Labute approximate surface area is 98.7 Å².